The zero-order valence-electron chi connectivity index (χ0n) is 9.85. The highest BCUT2D eigenvalue weighted by atomic mass is 35.5. The first-order valence-electron chi connectivity index (χ1n) is 5.89. The molecule has 18 heavy (non-hydrogen) atoms. The van der Waals surface area contributed by atoms with E-state index in [1.54, 1.807) is 22.5 Å². The maximum atomic E-state index is 12.5. The van der Waals surface area contributed by atoms with Crippen LogP contribution in [0.15, 0.2) is 29.2 Å². The molecule has 0 saturated carbocycles. The molecular formula is C12H15Cl2NO2S. The van der Waals surface area contributed by atoms with Crippen molar-refractivity contribution in [1.29, 1.82) is 0 Å². The Morgan fingerprint density at radius 2 is 2.17 bits per heavy atom. The van der Waals surface area contributed by atoms with Gasteiger partial charge in [0.15, 0.2) is 0 Å². The Hall–Kier alpha value is -0.290. The molecule has 1 aliphatic rings. The summed E-state index contributed by atoms with van der Waals surface area (Å²) >= 11 is 11.6. The SMILES string of the molecule is O=S(=O)(c1cccc(Cl)c1)N1CCCC1CCCl. The van der Waals surface area contributed by atoms with E-state index in [0.717, 1.165) is 12.8 Å². The maximum Gasteiger partial charge on any atom is 0.243 e. The van der Waals surface area contributed by atoms with Crippen molar-refractivity contribution in [3.8, 4) is 0 Å². The average molecular weight is 308 g/mol. The summed E-state index contributed by atoms with van der Waals surface area (Å²) in [5.41, 5.74) is 0. The third kappa shape index (κ3) is 2.82. The molecule has 0 N–H and O–H groups in total. The predicted molar refractivity (Wildman–Crippen MR) is 73.7 cm³/mol. The van der Waals surface area contributed by atoms with Gasteiger partial charge in [0.25, 0.3) is 0 Å². The summed E-state index contributed by atoms with van der Waals surface area (Å²) in [6.45, 7) is 0.566. The van der Waals surface area contributed by atoms with Crippen molar-refractivity contribution >= 4 is 33.2 Å². The standard InChI is InChI=1S/C12H15Cl2NO2S/c13-7-6-11-4-2-8-15(11)18(16,17)12-5-1-3-10(14)9-12/h1,3,5,9,11H,2,4,6-8H2. The topological polar surface area (TPSA) is 37.4 Å². The van der Waals surface area contributed by atoms with Crippen LogP contribution in [0.4, 0.5) is 0 Å². The van der Waals surface area contributed by atoms with Gasteiger partial charge in [0, 0.05) is 23.5 Å². The van der Waals surface area contributed by atoms with Gasteiger partial charge >= 0.3 is 0 Å². The van der Waals surface area contributed by atoms with Crippen LogP contribution in [0.25, 0.3) is 0 Å². The molecule has 1 atom stereocenters. The van der Waals surface area contributed by atoms with Crippen LogP contribution in [0, 0.1) is 0 Å². The molecule has 0 amide bonds. The van der Waals surface area contributed by atoms with Gasteiger partial charge in [-0.1, -0.05) is 17.7 Å². The number of sulfonamides is 1. The van der Waals surface area contributed by atoms with E-state index in [1.165, 1.54) is 6.07 Å². The lowest BCUT2D eigenvalue weighted by Crippen LogP contribution is -2.35. The van der Waals surface area contributed by atoms with Crippen LogP contribution < -0.4 is 0 Å². The molecular weight excluding hydrogens is 293 g/mol. The number of hydrogen-bond donors (Lipinski definition) is 0. The second-order valence-electron chi connectivity index (χ2n) is 4.35. The van der Waals surface area contributed by atoms with Crippen molar-refractivity contribution in [3.63, 3.8) is 0 Å². The second-order valence-corrected chi connectivity index (χ2v) is 7.05. The minimum atomic E-state index is -3.44. The van der Waals surface area contributed by atoms with Gasteiger partial charge < -0.3 is 0 Å². The van der Waals surface area contributed by atoms with Crippen molar-refractivity contribution in [1.82, 2.24) is 4.31 Å². The van der Waals surface area contributed by atoms with E-state index in [2.05, 4.69) is 0 Å². The Labute approximate surface area is 118 Å². The highest BCUT2D eigenvalue weighted by molar-refractivity contribution is 7.89. The molecule has 1 fully saturated rings. The molecule has 100 valence electrons. The summed E-state index contributed by atoms with van der Waals surface area (Å²) in [6, 6.07) is 6.42. The number of benzene rings is 1. The molecule has 1 unspecified atom stereocenters. The molecule has 0 bridgehead atoms. The summed E-state index contributed by atoms with van der Waals surface area (Å²) in [7, 11) is -3.44. The van der Waals surface area contributed by atoms with Crippen molar-refractivity contribution in [2.45, 2.75) is 30.2 Å². The van der Waals surface area contributed by atoms with Gasteiger partial charge in [0.2, 0.25) is 10.0 Å². The lowest BCUT2D eigenvalue weighted by atomic mass is 10.2. The Morgan fingerprint density at radius 3 is 2.83 bits per heavy atom. The molecule has 3 nitrogen and oxygen atoms in total. The fraction of sp³-hybridized carbons (Fsp3) is 0.500. The van der Waals surface area contributed by atoms with Crippen LogP contribution in [-0.4, -0.2) is 31.2 Å². The quantitative estimate of drug-likeness (QED) is 0.802. The minimum Gasteiger partial charge on any atom is -0.207 e. The molecule has 1 saturated heterocycles. The first-order chi connectivity index (χ1) is 8.55. The second kappa shape index (κ2) is 5.78. The number of nitrogens with zero attached hydrogens (tertiary/aromatic N) is 1. The summed E-state index contributed by atoms with van der Waals surface area (Å²) in [6.07, 6.45) is 2.47. The van der Waals surface area contributed by atoms with Crippen molar-refractivity contribution in [2.24, 2.45) is 0 Å². The van der Waals surface area contributed by atoms with E-state index in [4.69, 9.17) is 23.2 Å². The Balaban J connectivity index is 2.30. The van der Waals surface area contributed by atoms with E-state index >= 15 is 0 Å². The maximum absolute atomic E-state index is 12.5. The smallest absolute Gasteiger partial charge is 0.207 e. The highest BCUT2D eigenvalue weighted by Gasteiger charge is 2.34. The van der Waals surface area contributed by atoms with E-state index in [9.17, 15) is 8.42 Å². The van der Waals surface area contributed by atoms with E-state index in [1.807, 2.05) is 0 Å². The van der Waals surface area contributed by atoms with Crippen LogP contribution in [0.2, 0.25) is 5.02 Å². The Bertz CT molecular complexity index is 519. The fourth-order valence-electron chi connectivity index (χ4n) is 2.30. The van der Waals surface area contributed by atoms with Gasteiger partial charge in [0.1, 0.15) is 0 Å². The zero-order valence-corrected chi connectivity index (χ0v) is 12.2. The van der Waals surface area contributed by atoms with E-state index < -0.39 is 10.0 Å². The van der Waals surface area contributed by atoms with Gasteiger partial charge in [-0.2, -0.15) is 4.31 Å². The van der Waals surface area contributed by atoms with E-state index in [0.29, 0.717) is 23.9 Å². The largest absolute Gasteiger partial charge is 0.243 e. The third-order valence-corrected chi connectivity index (χ3v) is 5.57. The number of rotatable bonds is 4. The first kappa shape index (κ1) is 14.1. The molecule has 1 aliphatic heterocycles. The molecule has 6 heteroatoms. The number of alkyl halides is 1. The minimum absolute atomic E-state index is 0.0199. The molecule has 1 aromatic carbocycles. The molecule has 0 aromatic heterocycles. The lowest BCUT2D eigenvalue weighted by Gasteiger charge is -2.23. The van der Waals surface area contributed by atoms with Crippen LogP contribution in [0.1, 0.15) is 19.3 Å². The van der Waals surface area contributed by atoms with Crippen molar-refractivity contribution in [2.75, 3.05) is 12.4 Å². The third-order valence-electron chi connectivity index (χ3n) is 3.17. The van der Waals surface area contributed by atoms with Crippen LogP contribution in [-0.2, 0) is 10.0 Å². The van der Waals surface area contributed by atoms with Gasteiger partial charge in [-0.05, 0) is 37.5 Å². The molecule has 0 radical (unpaired) electrons. The van der Waals surface area contributed by atoms with Crippen LogP contribution >= 0.6 is 23.2 Å². The normalized spacial score (nSPS) is 21.3. The summed E-state index contributed by atoms with van der Waals surface area (Å²) in [5, 5.41) is 0.434. The first-order valence-corrected chi connectivity index (χ1v) is 8.24. The molecule has 2 rings (SSSR count). The van der Waals surface area contributed by atoms with Crippen LogP contribution in [0.5, 0.6) is 0 Å². The summed E-state index contributed by atoms with van der Waals surface area (Å²) in [4.78, 5) is 0.261. The molecule has 0 spiro atoms. The lowest BCUT2D eigenvalue weighted by molar-refractivity contribution is 0.381. The number of hydrogen-bond acceptors (Lipinski definition) is 2. The monoisotopic (exact) mass is 307 g/mol. The predicted octanol–water partition coefficient (Wildman–Crippen LogP) is 3.12. The van der Waals surface area contributed by atoms with Gasteiger partial charge in [-0.15, -0.1) is 11.6 Å². The molecule has 1 heterocycles. The highest BCUT2D eigenvalue weighted by Crippen LogP contribution is 2.28. The summed E-state index contributed by atoms with van der Waals surface area (Å²) in [5.74, 6) is 0.478. The van der Waals surface area contributed by atoms with Crippen molar-refractivity contribution < 1.29 is 8.42 Å². The molecule has 0 aliphatic carbocycles. The Morgan fingerprint density at radius 1 is 1.39 bits per heavy atom. The Kier molecular flexibility index (Phi) is 4.54. The van der Waals surface area contributed by atoms with Gasteiger partial charge in [0.05, 0.1) is 4.90 Å². The van der Waals surface area contributed by atoms with Crippen molar-refractivity contribution in [3.05, 3.63) is 29.3 Å². The fourth-order valence-corrected chi connectivity index (χ4v) is 4.58. The van der Waals surface area contributed by atoms with E-state index in [-0.39, 0.29) is 10.9 Å². The zero-order chi connectivity index (χ0) is 13.2. The average Bonchev–Trinajstić information content (AvgIpc) is 2.78. The number of halogens is 2. The van der Waals surface area contributed by atoms with Crippen LogP contribution in [0.3, 0.4) is 0 Å². The molecule has 1 aromatic rings. The van der Waals surface area contributed by atoms with Gasteiger partial charge in [-0.3, -0.25) is 0 Å². The summed E-state index contributed by atoms with van der Waals surface area (Å²) < 4.78 is 26.5. The van der Waals surface area contributed by atoms with Gasteiger partial charge in [-0.25, -0.2) is 8.42 Å².